The minimum Gasteiger partial charge on any atom is -0.354 e. The normalized spacial score (nSPS) is 16.0. The Morgan fingerprint density at radius 2 is 1.80 bits per heavy atom. The molecule has 6 heteroatoms. The molecule has 0 radical (unpaired) electrons. The quantitative estimate of drug-likeness (QED) is 0.669. The van der Waals surface area contributed by atoms with Gasteiger partial charge in [0, 0.05) is 31.9 Å². The van der Waals surface area contributed by atoms with Crippen molar-refractivity contribution >= 4 is 11.8 Å². The number of aromatic nitrogens is 1. The third kappa shape index (κ3) is 6.95. The largest absolute Gasteiger partial charge is 0.354 e. The average molecular weight is 409 g/mol. The van der Waals surface area contributed by atoms with Crippen LogP contribution in [0.4, 0.5) is 0 Å². The average Bonchev–Trinajstić information content (AvgIpc) is 2.79. The van der Waals surface area contributed by atoms with Crippen LogP contribution in [-0.4, -0.2) is 47.4 Å². The van der Waals surface area contributed by atoms with Crippen LogP contribution in [0.3, 0.4) is 0 Å². The molecule has 1 aliphatic heterocycles. The number of pyridine rings is 1. The molecule has 1 aliphatic rings. The molecule has 160 valence electrons. The fraction of sp³-hybridized carbons (Fsp3) is 0.458. The van der Waals surface area contributed by atoms with E-state index in [0.29, 0.717) is 19.0 Å². The molecular formula is C24H32N4O2. The fourth-order valence-corrected chi connectivity index (χ4v) is 3.90. The molecule has 2 aromatic rings. The van der Waals surface area contributed by atoms with Crippen LogP contribution in [0.5, 0.6) is 0 Å². The number of rotatable bonds is 9. The number of carbonyl (C=O) groups is 2. The second kappa shape index (κ2) is 11.5. The zero-order chi connectivity index (χ0) is 21.2. The van der Waals surface area contributed by atoms with Crippen molar-refractivity contribution in [2.24, 2.45) is 5.92 Å². The van der Waals surface area contributed by atoms with Crippen molar-refractivity contribution in [3.8, 4) is 0 Å². The molecule has 0 spiro atoms. The molecule has 0 aliphatic carbocycles. The summed E-state index contributed by atoms with van der Waals surface area (Å²) in [7, 11) is 0. The summed E-state index contributed by atoms with van der Waals surface area (Å²) in [6.07, 6.45) is 7.05. The number of amides is 2. The summed E-state index contributed by atoms with van der Waals surface area (Å²) in [4.78, 5) is 30.7. The summed E-state index contributed by atoms with van der Waals surface area (Å²) in [5.74, 6) is 0.604. The highest BCUT2D eigenvalue weighted by molar-refractivity contribution is 5.82. The first kappa shape index (κ1) is 22.0. The number of benzene rings is 1. The van der Waals surface area contributed by atoms with Crippen molar-refractivity contribution in [1.29, 1.82) is 0 Å². The van der Waals surface area contributed by atoms with Gasteiger partial charge >= 0.3 is 0 Å². The maximum Gasteiger partial charge on any atom is 0.237 e. The molecule has 1 unspecified atom stereocenters. The van der Waals surface area contributed by atoms with Gasteiger partial charge in [-0.1, -0.05) is 36.4 Å². The number of carbonyl (C=O) groups excluding carboxylic acids is 2. The number of nitrogens with one attached hydrogen (secondary N) is 2. The van der Waals surface area contributed by atoms with Crippen molar-refractivity contribution in [2.45, 2.75) is 45.2 Å². The van der Waals surface area contributed by atoms with Gasteiger partial charge in [-0.2, -0.15) is 0 Å². The molecule has 6 nitrogen and oxygen atoms in total. The predicted octanol–water partition coefficient (Wildman–Crippen LogP) is 2.55. The van der Waals surface area contributed by atoms with E-state index in [1.54, 1.807) is 12.4 Å². The van der Waals surface area contributed by atoms with Gasteiger partial charge in [-0.05, 0) is 62.4 Å². The molecule has 1 aromatic heterocycles. The van der Waals surface area contributed by atoms with E-state index < -0.39 is 0 Å². The van der Waals surface area contributed by atoms with Crippen LogP contribution in [0, 0.1) is 5.92 Å². The first-order chi connectivity index (χ1) is 14.6. The predicted molar refractivity (Wildman–Crippen MR) is 118 cm³/mol. The first-order valence-corrected chi connectivity index (χ1v) is 10.8. The van der Waals surface area contributed by atoms with E-state index in [-0.39, 0.29) is 24.3 Å². The summed E-state index contributed by atoms with van der Waals surface area (Å²) in [6.45, 7) is 4.65. The third-order valence-electron chi connectivity index (χ3n) is 5.81. The second-order valence-corrected chi connectivity index (χ2v) is 8.02. The summed E-state index contributed by atoms with van der Waals surface area (Å²) < 4.78 is 0. The Bertz CT molecular complexity index is 789. The van der Waals surface area contributed by atoms with E-state index in [1.807, 2.05) is 19.1 Å². The van der Waals surface area contributed by atoms with E-state index in [9.17, 15) is 9.59 Å². The molecule has 2 amide bonds. The van der Waals surface area contributed by atoms with Gasteiger partial charge in [0.2, 0.25) is 11.8 Å². The van der Waals surface area contributed by atoms with Crippen LogP contribution in [0.25, 0.3) is 0 Å². The van der Waals surface area contributed by atoms with Gasteiger partial charge < -0.3 is 10.6 Å². The topological polar surface area (TPSA) is 74.3 Å². The lowest BCUT2D eigenvalue weighted by molar-refractivity contribution is -0.126. The molecule has 1 saturated heterocycles. The summed E-state index contributed by atoms with van der Waals surface area (Å²) >= 11 is 0. The number of hydrogen-bond donors (Lipinski definition) is 2. The Labute approximate surface area is 179 Å². The van der Waals surface area contributed by atoms with Crippen molar-refractivity contribution < 1.29 is 9.59 Å². The Balaban J connectivity index is 1.31. The zero-order valence-corrected chi connectivity index (χ0v) is 17.7. The highest BCUT2D eigenvalue weighted by atomic mass is 16.2. The summed E-state index contributed by atoms with van der Waals surface area (Å²) in [5, 5.41) is 5.76. The number of likely N-dealkylation sites (tertiary alicyclic amines) is 1. The Kier molecular flexibility index (Phi) is 8.39. The van der Waals surface area contributed by atoms with Gasteiger partial charge in [0.25, 0.3) is 0 Å². The van der Waals surface area contributed by atoms with Crippen LogP contribution < -0.4 is 10.6 Å². The van der Waals surface area contributed by atoms with Gasteiger partial charge in [-0.25, -0.2) is 0 Å². The second-order valence-electron chi connectivity index (χ2n) is 8.02. The van der Waals surface area contributed by atoms with Crippen LogP contribution in [0.2, 0.25) is 0 Å². The molecule has 0 bridgehead atoms. The molecule has 2 heterocycles. The minimum atomic E-state index is -0.166. The van der Waals surface area contributed by atoms with E-state index in [0.717, 1.165) is 37.9 Å². The monoisotopic (exact) mass is 408 g/mol. The summed E-state index contributed by atoms with van der Waals surface area (Å²) in [6, 6.07) is 14.2. The van der Waals surface area contributed by atoms with Crippen LogP contribution in [0.15, 0.2) is 54.9 Å². The smallest absolute Gasteiger partial charge is 0.237 e. The third-order valence-corrected chi connectivity index (χ3v) is 5.81. The van der Waals surface area contributed by atoms with Crippen LogP contribution in [0.1, 0.15) is 37.3 Å². The number of hydrogen-bond acceptors (Lipinski definition) is 4. The van der Waals surface area contributed by atoms with Crippen molar-refractivity contribution in [1.82, 2.24) is 20.5 Å². The Morgan fingerprint density at radius 3 is 2.50 bits per heavy atom. The van der Waals surface area contributed by atoms with Crippen LogP contribution >= 0.6 is 0 Å². The highest BCUT2D eigenvalue weighted by Crippen LogP contribution is 2.22. The molecule has 1 aromatic carbocycles. The molecule has 1 fully saturated rings. The number of nitrogens with zero attached hydrogens (tertiary/aromatic N) is 2. The minimum absolute atomic E-state index is 0.00318. The highest BCUT2D eigenvalue weighted by Gasteiger charge is 2.26. The van der Waals surface area contributed by atoms with Crippen molar-refractivity contribution in [3.63, 3.8) is 0 Å². The van der Waals surface area contributed by atoms with Crippen molar-refractivity contribution in [2.75, 3.05) is 19.6 Å². The molecule has 0 saturated carbocycles. The lowest BCUT2D eigenvalue weighted by Gasteiger charge is -2.35. The van der Waals surface area contributed by atoms with Gasteiger partial charge in [-0.3, -0.25) is 19.5 Å². The zero-order valence-electron chi connectivity index (χ0n) is 17.7. The van der Waals surface area contributed by atoms with Gasteiger partial charge in [-0.15, -0.1) is 0 Å². The van der Waals surface area contributed by atoms with E-state index >= 15 is 0 Å². The molecule has 2 N–H and O–H groups in total. The Morgan fingerprint density at radius 1 is 1.07 bits per heavy atom. The van der Waals surface area contributed by atoms with E-state index in [4.69, 9.17) is 0 Å². The SMILES string of the molecule is CC(C(=O)NCCC(=O)NCc1cccnc1)N1CCC(Cc2ccccc2)CC1. The maximum absolute atomic E-state index is 12.5. The van der Waals surface area contributed by atoms with Crippen LogP contribution in [-0.2, 0) is 22.6 Å². The van der Waals surface area contributed by atoms with Gasteiger partial charge in [0.15, 0.2) is 0 Å². The van der Waals surface area contributed by atoms with E-state index in [1.165, 1.54) is 5.56 Å². The number of piperidine rings is 1. The fourth-order valence-electron chi connectivity index (χ4n) is 3.90. The van der Waals surface area contributed by atoms with E-state index in [2.05, 4.69) is 50.8 Å². The van der Waals surface area contributed by atoms with Gasteiger partial charge in [0.05, 0.1) is 6.04 Å². The molecule has 1 atom stereocenters. The first-order valence-electron chi connectivity index (χ1n) is 10.8. The van der Waals surface area contributed by atoms with Crippen molar-refractivity contribution in [3.05, 3.63) is 66.0 Å². The molecule has 3 rings (SSSR count). The Hall–Kier alpha value is -2.73. The lowest BCUT2D eigenvalue weighted by Crippen LogP contribution is -2.48. The maximum atomic E-state index is 12.5. The summed E-state index contributed by atoms with van der Waals surface area (Å²) in [5.41, 5.74) is 2.35. The molecule has 30 heavy (non-hydrogen) atoms. The lowest BCUT2D eigenvalue weighted by atomic mass is 9.89. The standard InChI is InChI=1S/C24H32N4O2/c1-19(28-14-10-21(11-15-28)16-20-6-3-2-4-7-20)24(30)26-13-9-23(29)27-18-22-8-5-12-25-17-22/h2-8,12,17,19,21H,9-11,13-16,18H2,1H3,(H,26,30)(H,27,29). The van der Waals surface area contributed by atoms with Gasteiger partial charge in [0.1, 0.15) is 0 Å². The molecular weight excluding hydrogens is 376 g/mol.